The number of hydrogen-bond donors (Lipinski definition) is 0. The summed E-state index contributed by atoms with van der Waals surface area (Å²) in [5.74, 6) is -0.298. The van der Waals surface area contributed by atoms with Crippen molar-refractivity contribution in [2.45, 2.75) is 122 Å². The van der Waals surface area contributed by atoms with Gasteiger partial charge in [-0.05, 0) is 6.42 Å². The zero-order chi connectivity index (χ0) is 17.0. The maximum atomic E-state index is 10.8. The highest BCUT2D eigenvalue weighted by atomic mass is 35.5. The molecule has 23 heavy (non-hydrogen) atoms. The Balaban J connectivity index is 2.99. The molecule has 3 heteroatoms. The van der Waals surface area contributed by atoms with Crippen molar-refractivity contribution >= 4 is 17.8 Å². The van der Waals surface area contributed by atoms with Gasteiger partial charge in [0.05, 0.1) is 0 Å². The van der Waals surface area contributed by atoms with Crippen molar-refractivity contribution in [1.82, 2.24) is 0 Å². The molecule has 0 aromatic heterocycles. The number of carbonyl (C=O) groups excluding carboxylic acids is 1. The van der Waals surface area contributed by atoms with Crippen LogP contribution in [-0.4, -0.2) is 5.97 Å². The molecule has 0 saturated heterocycles. The number of halogens is 1. The van der Waals surface area contributed by atoms with Crippen LogP contribution in [0.5, 0.6) is 0 Å². The lowest BCUT2D eigenvalue weighted by atomic mass is 10.0. The third kappa shape index (κ3) is 19.7. The molecule has 0 N–H and O–H groups in total. The Bertz CT molecular complexity index is 244. The molecule has 0 saturated carbocycles. The van der Waals surface area contributed by atoms with Gasteiger partial charge in [0.2, 0.25) is 0 Å². The normalized spacial score (nSPS) is 10.9. The van der Waals surface area contributed by atoms with Gasteiger partial charge in [0.15, 0.2) is 0 Å². The molecule has 0 aliphatic rings. The van der Waals surface area contributed by atoms with E-state index in [4.69, 9.17) is 11.9 Å². The van der Waals surface area contributed by atoms with Crippen molar-refractivity contribution < 1.29 is 9.08 Å². The maximum Gasteiger partial charge on any atom is 0.324 e. The quantitative estimate of drug-likeness (QED) is 0.237. The predicted molar refractivity (Wildman–Crippen MR) is 101 cm³/mol. The molecule has 0 aromatic rings. The second-order valence-corrected chi connectivity index (χ2v) is 7.01. The Morgan fingerprint density at radius 1 is 0.609 bits per heavy atom. The summed E-state index contributed by atoms with van der Waals surface area (Å²) in [5, 5.41) is 0. The zero-order valence-corrected chi connectivity index (χ0v) is 16.2. The molecule has 2 nitrogen and oxygen atoms in total. The minimum atomic E-state index is -0.298. The molecule has 138 valence electrons. The van der Waals surface area contributed by atoms with E-state index in [9.17, 15) is 4.79 Å². The molecular weight excluding hydrogens is 308 g/mol. The molecule has 0 amide bonds. The van der Waals surface area contributed by atoms with E-state index in [1.807, 2.05) is 0 Å². The van der Waals surface area contributed by atoms with Crippen LogP contribution in [-0.2, 0) is 9.08 Å². The Morgan fingerprint density at radius 2 is 0.913 bits per heavy atom. The molecule has 0 aliphatic heterocycles. The van der Waals surface area contributed by atoms with Gasteiger partial charge in [-0.3, -0.25) is 4.79 Å². The first-order chi connectivity index (χ1) is 11.3. The fraction of sp³-hybridized carbons (Fsp3) is 0.950. The summed E-state index contributed by atoms with van der Waals surface area (Å²) in [5.41, 5.74) is 0. The largest absolute Gasteiger partial charge is 0.348 e. The second-order valence-electron chi connectivity index (χ2n) is 6.86. The fourth-order valence-electron chi connectivity index (χ4n) is 3.03. The van der Waals surface area contributed by atoms with Crippen molar-refractivity contribution in [2.24, 2.45) is 0 Å². The summed E-state index contributed by atoms with van der Waals surface area (Å²) in [4.78, 5) is 10.8. The molecule has 0 heterocycles. The molecule has 0 atom stereocenters. The fourth-order valence-corrected chi connectivity index (χ4v) is 3.11. The van der Waals surface area contributed by atoms with Crippen molar-refractivity contribution in [3.8, 4) is 0 Å². The van der Waals surface area contributed by atoms with Crippen molar-refractivity contribution in [3.05, 3.63) is 0 Å². The van der Waals surface area contributed by atoms with Crippen LogP contribution < -0.4 is 0 Å². The Kier molecular flexibility index (Phi) is 19.6. The molecule has 0 unspecified atom stereocenters. The highest BCUT2D eigenvalue weighted by molar-refractivity contribution is 6.13. The van der Waals surface area contributed by atoms with E-state index in [1.54, 1.807) is 0 Å². The van der Waals surface area contributed by atoms with Crippen molar-refractivity contribution in [2.75, 3.05) is 0 Å². The highest BCUT2D eigenvalue weighted by Gasteiger charge is 2.00. The monoisotopic (exact) mass is 346 g/mol. The lowest BCUT2D eigenvalue weighted by Crippen LogP contribution is -1.95. The molecule has 0 aliphatic carbocycles. The van der Waals surface area contributed by atoms with Gasteiger partial charge < -0.3 is 4.29 Å². The summed E-state index contributed by atoms with van der Waals surface area (Å²) >= 11 is 4.98. The topological polar surface area (TPSA) is 26.3 Å². The minimum Gasteiger partial charge on any atom is -0.348 e. The molecule has 0 radical (unpaired) electrons. The van der Waals surface area contributed by atoms with Gasteiger partial charge in [-0.1, -0.05) is 110 Å². The highest BCUT2D eigenvalue weighted by Crippen LogP contribution is 2.14. The van der Waals surface area contributed by atoms with Crippen LogP contribution in [0.4, 0.5) is 0 Å². The van der Waals surface area contributed by atoms with E-state index in [-0.39, 0.29) is 5.97 Å². The predicted octanol–water partition coefficient (Wildman–Crippen LogP) is 7.73. The third-order valence-corrected chi connectivity index (χ3v) is 4.74. The second kappa shape index (κ2) is 19.8. The van der Waals surface area contributed by atoms with Gasteiger partial charge in [0.1, 0.15) is 11.9 Å². The number of unbranched alkanes of at least 4 members (excludes halogenated alkanes) is 16. The standard InChI is InChI=1S/C20H39ClO2/c1-2-3-4-5-6-7-8-9-10-11-12-13-14-15-16-17-18-19-20(22)23-21/h2-19H2,1H3. The molecular formula is C20H39ClO2. The van der Waals surface area contributed by atoms with Gasteiger partial charge >= 0.3 is 5.97 Å². The van der Waals surface area contributed by atoms with E-state index >= 15 is 0 Å². The van der Waals surface area contributed by atoms with Crippen LogP contribution in [0, 0.1) is 0 Å². The first-order valence-corrected chi connectivity index (χ1v) is 10.4. The summed E-state index contributed by atoms with van der Waals surface area (Å²) in [6.45, 7) is 2.28. The summed E-state index contributed by atoms with van der Waals surface area (Å²) < 4.78 is 4.11. The Hall–Kier alpha value is -0.240. The van der Waals surface area contributed by atoms with Crippen LogP contribution in [0.3, 0.4) is 0 Å². The minimum absolute atomic E-state index is 0.298. The van der Waals surface area contributed by atoms with E-state index in [1.165, 1.54) is 96.3 Å². The number of carbonyl (C=O) groups is 1. The SMILES string of the molecule is CCCCCCCCCCCCCCCCCCCC(=O)OCl. The van der Waals surface area contributed by atoms with Crippen LogP contribution >= 0.6 is 11.9 Å². The van der Waals surface area contributed by atoms with E-state index in [0.717, 1.165) is 12.8 Å². The van der Waals surface area contributed by atoms with Gasteiger partial charge in [-0.25, -0.2) is 0 Å². The Labute approximate surface area is 149 Å². The lowest BCUT2D eigenvalue weighted by molar-refractivity contribution is -0.134. The molecule has 0 rings (SSSR count). The first-order valence-electron chi connectivity index (χ1n) is 10.1. The van der Waals surface area contributed by atoms with Gasteiger partial charge in [-0.15, -0.1) is 0 Å². The summed E-state index contributed by atoms with van der Waals surface area (Å²) in [6.07, 6.45) is 23.4. The first kappa shape index (κ1) is 22.8. The van der Waals surface area contributed by atoms with Crippen molar-refractivity contribution in [3.63, 3.8) is 0 Å². The van der Waals surface area contributed by atoms with Crippen LogP contribution in [0.15, 0.2) is 0 Å². The summed E-state index contributed by atoms with van der Waals surface area (Å²) in [7, 11) is 0. The summed E-state index contributed by atoms with van der Waals surface area (Å²) in [6, 6.07) is 0. The van der Waals surface area contributed by atoms with E-state index in [0.29, 0.717) is 6.42 Å². The number of rotatable bonds is 18. The van der Waals surface area contributed by atoms with Crippen molar-refractivity contribution in [1.29, 1.82) is 0 Å². The maximum absolute atomic E-state index is 10.8. The van der Waals surface area contributed by atoms with Gasteiger partial charge in [0.25, 0.3) is 0 Å². The smallest absolute Gasteiger partial charge is 0.324 e. The lowest BCUT2D eigenvalue weighted by Gasteiger charge is -2.03. The van der Waals surface area contributed by atoms with E-state index in [2.05, 4.69) is 11.2 Å². The average molecular weight is 347 g/mol. The van der Waals surface area contributed by atoms with Crippen LogP contribution in [0.25, 0.3) is 0 Å². The molecule has 0 fully saturated rings. The molecule has 0 spiro atoms. The van der Waals surface area contributed by atoms with Crippen LogP contribution in [0.1, 0.15) is 122 Å². The number of hydrogen-bond acceptors (Lipinski definition) is 2. The van der Waals surface area contributed by atoms with E-state index < -0.39 is 0 Å². The molecule has 0 bridgehead atoms. The zero-order valence-electron chi connectivity index (χ0n) is 15.4. The Morgan fingerprint density at radius 3 is 1.22 bits per heavy atom. The van der Waals surface area contributed by atoms with Crippen LogP contribution in [0.2, 0.25) is 0 Å². The van der Waals surface area contributed by atoms with Gasteiger partial charge in [-0.2, -0.15) is 0 Å². The average Bonchev–Trinajstić information content (AvgIpc) is 2.57. The molecule has 0 aromatic carbocycles. The van der Waals surface area contributed by atoms with Gasteiger partial charge in [0, 0.05) is 6.42 Å². The third-order valence-electron chi connectivity index (χ3n) is 4.57.